The maximum absolute atomic E-state index is 9.18. The number of carbonyl (C=O) groups is 1. The molecule has 1 rings (SSSR count). The molecule has 68 valence electrons. The molecule has 0 amide bonds. The molecular formula is C8H14N2O2. The number of rotatable bonds is 2. The number of nitrogen functional groups attached to an aromatic ring is 1. The molecule has 0 radical (unpaired) electrons. The highest BCUT2D eigenvalue weighted by Gasteiger charge is 1.82. The van der Waals surface area contributed by atoms with Crippen LogP contribution in [0.2, 0.25) is 0 Å². The number of aryl methyl sites for hydroxylation is 1. The molecule has 0 unspecified atom stereocenters. The van der Waals surface area contributed by atoms with Crippen molar-refractivity contribution < 1.29 is 9.53 Å². The molecule has 0 fully saturated rings. The number of hydrogen-bond acceptors (Lipinski definition) is 3. The fourth-order valence-electron chi connectivity index (χ4n) is 0.542. The van der Waals surface area contributed by atoms with E-state index in [0.29, 0.717) is 13.1 Å². The second-order valence-electron chi connectivity index (χ2n) is 2.10. The molecule has 0 atom stereocenters. The highest BCUT2D eigenvalue weighted by molar-refractivity contribution is 5.36. The van der Waals surface area contributed by atoms with Crippen LogP contribution >= 0.6 is 0 Å². The lowest BCUT2D eigenvalue weighted by atomic mass is 10.6. The number of hydrogen-bond donors (Lipinski definition) is 1. The van der Waals surface area contributed by atoms with E-state index >= 15 is 0 Å². The average Bonchev–Trinajstić information content (AvgIpc) is 2.39. The van der Waals surface area contributed by atoms with Crippen molar-refractivity contribution in [2.24, 2.45) is 7.05 Å². The third-order valence-corrected chi connectivity index (χ3v) is 1.22. The van der Waals surface area contributed by atoms with Gasteiger partial charge in [0, 0.05) is 13.2 Å². The predicted molar refractivity (Wildman–Crippen MR) is 47.5 cm³/mol. The summed E-state index contributed by atoms with van der Waals surface area (Å²) in [5.74, 6) is 0.806. The van der Waals surface area contributed by atoms with Crippen molar-refractivity contribution in [2.75, 3.05) is 12.3 Å². The van der Waals surface area contributed by atoms with Crippen LogP contribution in [-0.2, 0) is 16.6 Å². The lowest BCUT2D eigenvalue weighted by Crippen LogP contribution is -1.92. The Labute approximate surface area is 71.9 Å². The van der Waals surface area contributed by atoms with Gasteiger partial charge in [-0.25, -0.2) is 0 Å². The van der Waals surface area contributed by atoms with Crippen LogP contribution in [0, 0.1) is 0 Å². The Morgan fingerprint density at radius 1 is 1.75 bits per heavy atom. The summed E-state index contributed by atoms with van der Waals surface area (Å²) in [7, 11) is 1.91. The van der Waals surface area contributed by atoms with Gasteiger partial charge in [0.25, 0.3) is 6.47 Å². The zero-order chi connectivity index (χ0) is 9.40. The van der Waals surface area contributed by atoms with Gasteiger partial charge in [0.05, 0.1) is 6.61 Å². The monoisotopic (exact) mass is 170 g/mol. The first-order valence-corrected chi connectivity index (χ1v) is 3.64. The van der Waals surface area contributed by atoms with Crippen LogP contribution in [-0.4, -0.2) is 17.6 Å². The number of ether oxygens (including phenoxy) is 1. The fourth-order valence-corrected chi connectivity index (χ4v) is 0.542. The molecule has 0 saturated carbocycles. The Morgan fingerprint density at radius 3 is 2.50 bits per heavy atom. The quantitative estimate of drug-likeness (QED) is 0.667. The van der Waals surface area contributed by atoms with Crippen molar-refractivity contribution in [3.8, 4) is 0 Å². The topological polar surface area (TPSA) is 57.2 Å². The summed E-state index contributed by atoms with van der Waals surface area (Å²) in [5, 5.41) is 0. The standard InChI is InChI=1S/C5H8N2.C3H6O2/c1-7-4-2-3-5(7)6;1-2-5-3-4/h2-4H,6H2,1H3;3H,2H2,1H3. The first-order valence-electron chi connectivity index (χ1n) is 3.64. The third-order valence-electron chi connectivity index (χ3n) is 1.22. The number of nitrogens with zero attached hydrogens (tertiary/aromatic N) is 1. The summed E-state index contributed by atoms with van der Waals surface area (Å²) in [6.45, 7) is 2.66. The zero-order valence-corrected chi connectivity index (χ0v) is 7.36. The van der Waals surface area contributed by atoms with E-state index in [4.69, 9.17) is 5.73 Å². The van der Waals surface area contributed by atoms with E-state index in [1.54, 1.807) is 6.92 Å². The second-order valence-corrected chi connectivity index (χ2v) is 2.10. The Balaban J connectivity index is 0.000000217. The number of carbonyl (C=O) groups excluding carboxylic acids is 1. The molecule has 0 spiro atoms. The highest BCUT2D eigenvalue weighted by atomic mass is 16.5. The SMILES string of the molecule is CCOC=O.Cn1cccc1N. The summed E-state index contributed by atoms with van der Waals surface area (Å²) >= 11 is 0. The molecule has 0 aliphatic heterocycles. The van der Waals surface area contributed by atoms with Crippen molar-refractivity contribution in [3.63, 3.8) is 0 Å². The van der Waals surface area contributed by atoms with Gasteiger partial charge in [0.1, 0.15) is 5.82 Å². The van der Waals surface area contributed by atoms with E-state index in [9.17, 15) is 4.79 Å². The van der Waals surface area contributed by atoms with E-state index in [1.807, 2.05) is 29.9 Å². The predicted octanol–water partition coefficient (Wildman–Crippen LogP) is 0.787. The molecule has 4 heteroatoms. The minimum atomic E-state index is 0.431. The van der Waals surface area contributed by atoms with Gasteiger partial charge >= 0.3 is 0 Å². The normalized spacial score (nSPS) is 8.17. The van der Waals surface area contributed by atoms with E-state index < -0.39 is 0 Å². The number of nitrogens with two attached hydrogens (primary N) is 1. The molecule has 0 aliphatic rings. The molecule has 0 aliphatic carbocycles. The fraction of sp³-hybridized carbons (Fsp3) is 0.375. The number of anilines is 1. The largest absolute Gasteiger partial charge is 0.468 e. The zero-order valence-electron chi connectivity index (χ0n) is 7.36. The minimum absolute atomic E-state index is 0.431. The Hall–Kier alpha value is -1.45. The van der Waals surface area contributed by atoms with Gasteiger partial charge in [0.2, 0.25) is 0 Å². The Kier molecular flexibility index (Phi) is 5.51. The van der Waals surface area contributed by atoms with Gasteiger partial charge < -0.3 is 15.0 Å². The van der Waals surface area contributed by atoms with E-state index in [-0.39, 0.29) is 0 Å². The average molecular weight is 170 g/mol. The molecule has 1 aromatic rings. The summed E-state index contributed by atoms with van der Waals surface area (Å²) in [6, 6.07) is 3.77. The Bertz CT molecular complexity index is 204. The lowest BCUT2D eigenvalue weighted by molar-refractivity contribution is -0.128. The molecular weight excluding hydrogens is 156 g/mol. The molecule has 2 N–H and O–H groups in total. The van der Waals surface area contributed by atoms with Crippen molar-refractivity contribution in [1.29, 1.82) is 0 Å². The maximum atomic E-state index is 9.18. The molecule has 4 nitrogen and oxygen atoms in total. The Morgan fingerprint density at radius 2 is 2.42 bits per heavy atom. The molecule has 1 aromatic heterocycles. The maximum Gasteiger partial charge on any atom is 0.293 e. The van der Waals surface area contributed by atoms with E-state index in [0.717, 1.165) is 5.82 Å². The van der Waals surface area contributed by atoms with Gasteiger partial charge in [-0.2, -0.15) is 0 Å². The first-order chi connectivity index (χ1) is 5.72. The van der Waals surface area contributed by atoms with Crippen LogP contribution < -0.4 is 5.73 Å². The third kappa shape index (κ3) is 4.38. The van der Waals surface area contributed by atoms with Gasteiger partial charge in [-0.15, -0.1) is 0 Å². The molecule has 1 heterocycles. The second kappa shape index (κ2) is 6.27. The van der Waals surface area contributed by atoms with Gasteiger partial charge in [-0.05, 0) is 19.1 Å². The summed E-state index contributed by atoms with van der Waals surface area (Å²) in [4.78, 5) is 9.18. The van der Waals surface area contributed by atoms with Gasteiger partial charge in [-0.3, -0.25) is 4.79 Å². The van der Waals surface area contributed by atoms with Gasteiger partial charge in [-0.1, -0.05) is 0 Å². The van der Waals surface area contributed by atoms with Crippen LogP contribution in [0.15, 0.2) is 18.3 Å². The van der Waals surface area contributed by atoms with Crippen LogP contribution in [0.5, 0.6) is 0 Å². The van der Waals surface area contributed by atoms with Crippen molar-refractivity contribution in [1.82, 2.24) is 4.57 Å². The van der Waals surface area contributed by atoms with Crippen LogP contribution in [0.25, 0.3) is 0 Å². The van der Waals surface area contributed by atoms with Crippen LogP contribution in [0.3, 0.4) is 0 Å². The summed E-state index contributed by atoms with van der Waals surface area (Å²) in [6.07, 6.45) is 1.91. The molecule has 0 bridgehead atoms. The van der Waals surface area contributed by atoms with Crippen molar-refractivity contribution in [2.45, 2.75) is 6.92 Å². The van der Waals surface area contributed by atoms with Crippen molar-refractivity contribution >= 4 is 12.3 Å². The van der Waals surface area contributed by atoms with Crippen LogP contribution in [0.1, 0.15) is 6.92 Å². The first kappa shape index (κ1) is 10.6. The summed E-state index contributed by atoms with van der Waals surface area (Å²) < 4.78 is 6.01. The highest BCUT2D eigenvalue weighted by Crippen LogP contribution is 1.97. The van der Waals surface area contributed by atoms with E-state index in [1.165, 1.54) is 0 Å². The number of aromatic nitrogens is 1. The van der Waals surface area contributed by atoms with Crippen molar-refractivity contribution in [3.05, 3.63) is 18.3 Å². The minimum Gasteiger partial charge on any atom is -0.468 e. The molecule has 12 heavy (non-hydrogen) atoms. The summed E-state index contributed by atoms with van der Waals surface area (Å²) in [5.41, 5.74) is 5.40. The van der Waals surface area contributed by atoms with Gasteiger partial charge in [0.15, 0.2) is 0 Å². The van der Waals surface area contributed by atoms with Crippen LogP contribution in [0.4, 0.5) is 5.82 Å². The molecule has 0 aromatic carbocycles. The smallest absolute Gasteiger partial charge is 0.293 e. The lowest BCUT2D eigenvalue weighted by Gasteiger charge is -1.89. The molecule has 0 saturated heterocycles. The van der Waals surface area contributed by atoms with E-state index in [2.05, 4.69) is 4.74 Å².